The summed E-state index contributed by atoms with van der Waals surface area (Å²) in [4.78, 5) is 11.5. The van der Waals surface area contributed by atoms with Gasteiger partial charge in [0.25, 0.3) is 5.56 Å². The first-order valence-electron chi connectivity index (χ1n) is 6.17. The molecule has 0 bridgehead atoms. The molecule has 17 heavy (non-hydrogen) atoms. The number of rotatable bonds is 4. The fourth-order valence-electron chi connectivity index (χ4n) is 1.66. The Labute approximate surface area is 103 Å². The number of hydrogen-bond donors (Lipinski definition) is 1. The van der Waals surface area contributed by atoms with Crippen LogP contribution in [-0.2, 0) is 0 Å². The van der Waals surface area contributed by atoms with Gasteiger partial charge in [-0.05, 0) is 30.2 Å². The molecule has 0 saturated heterocycles. The summed E-state index contributed by atoms with van der Waals surface area (Å²) in [5, 5.41) is 9.98. The second kappa shape index (κ2) is 5.50. The van der Waals surface area contributed by atoms with Crippen LogP contribution < -0.4 is 5.56 Å². The molecule has 2 atom stereocenters. The van der Waals surface area contributed by atoms with E-state index in [1.54, 1.807) is 18.3 Å². The molecule has 2 unspecified atom stereocenters. The van der Waals surface area contributed by atoms with Gasteiger partial charge in [0, 0.05) is 12.3 Å². The first-order valence-corrected chi connectivity index (χ1v) is 6.17. The highest BCUT2D eigenvalue weighted by molar-refractivity contribution is 4.94. The van der Waals surface area contributed by atoms with Gasteiger partial charge in [0.15, 0.2) is 0 Å². The standard InChI is InChI=1S/C14H23NO2/c1-11(14(2,3)4)8-9-13(17)15-10-6-5-7-12(15)16/h5-7,10-11,13,17H,8-9H2,1-4H3. The van der Waals surface area contributed by atoms with Crippen molar-refractivity contribution in [3.63, 3.8) is 0 Å². The molecule has 0 fully saturated rings. The van der Waals surface area contributed by atoms with Gasteiger partial charge in [-0.1, -0.05) is 33.8 Å². The molecule has 1 aromatic heterocycles. The van der Waals surface area contributed by atoms with Crippen molar-refractivity contribution in [1.82, 2.24) is 4.57 Å². The maximum Gasteiger partial charge on any atom is 0.252 e. The molecule has 3 nitrogen and oxygen atoms in total. The Kier molecular flexibility index (Phi) is 4.52. The van der Waals surface area contributed by atoms with E-state index in [-0.39, 0.29) is 11.0 Å². The van der Waals surface area contributed by atoms with Gasteiger partial charge in [-0.25, -0.2) is 0 Å². The summed E-state index contributed by atoms with van der Waals surface area (Å²) < 4.78 is 1.38. The zero-order chi connectivity index (χ0) is 13.1. The predicted molar refractivity (Wildman–Crippen MR) is 69.8 cm³/mol. The molecular formula is C14H23NO2. The lowest BCUT2D eigenvalue weighted by Crippen LogP contribution is -2.24. The van der Waals surface area contributed by atoms with Crippen molar-refractivity contribution in [3.8, 4) is 0 Å². The van der Waals surface area contributed by atoms with E-state index in [1.807, 2.05) is 0 Å². The second-order valence-electron chi connectivity index (χ2n) is 5.77. The van der Waals surface area contributed by atoms with Crippen LogP contribution >= 0.6 is 0 Å². The second-order valence-corrected chi connectivity index (χ2v) is 5.77. The maximum atomic E-state index is 11.5. The normalized spacial score (nSPS) is 15.6. The lowest BCUT2D eigenvalue weighted by molar-refractivity contribution is 0.0755. The highest BCUT2D eigenvalue weighted by atomic mass is 16.3. The van der Waals surface area contributed by atoms with Crippen LogP contribution in [0.4, 0.5) is 0 Å². The molecule has 3 heteroatoms. The van der Waals surface area contributed by atoms with E-state index in [9.17, 15) is 9.90 Å². The van der Waals surface area contributed by atoms with Crippen LogP contribution in [-0.4, -0.2) is 9.67 Å². The van der Waals surface area contributed by atoms with Crippen LogP contribution in [0.5, 0.6) is 0 Å². The molecular weight excluding hydrogens is 214 g/mol. The summed E-state index contributed by atoms with van der Waals surface area (Å²) in [6.45, 7) is 8.76. The highest BCUT2D eigenvalue weighted by Crippen LogP contribution is 2.30. The topological polar surface area (TPSA) is 42.2 Å². The van der Waals surface area contributed by atoms with Crippen molar-refractivity contribution in [2.24, 2.45) is 11.3 Å². The summed E-state index contributed by atoms with van der Waals surface area (Å²) in [5.74, 6) is 0.511. The number of pyridine rings is 1. The summed E-state index contributed by atoms with van der Waals surface area (Å²) in [5.41, 5.74) is 0.0879. The fraction of sp³-hybridized carbons (Fsp3) is 0.643. The molecule has 0 amide bonds. The molecule has 0 saturated carbocycles. The summed E-state index contributed by atoms with van der Waals surface area (Å²) in [6.07, 6.45) is 2.44. The first kappa shape index (κ1) is 14.0. The van der Waals surface area contributed by atoms with Gasteiger partial charge in [-0.2, -0.15) is 0 Å². The van der Waals surface area contributed by atoms with Crippen LogP contribution in [0.2, 0.25) is 0 Å². The number of aliphatic hydroxyl groups excluding tert-OH is 1. The Morgan fingerprint density at radius 3 is 2.47 bits per heavy atom. The van der Waals surface area contributed by atoms with Gasteiger partial charge in [0.2, 0.25) is 0 Å². The van der Waals surface area contributed by atoms with Crippen LogP contribution in [0.15, 0.2) is 29.2 Å². The van der Waals surface area contributed by atoms with Gasteiger partial charge >= 0.3 is 0 Å². The van der Waals surface area contributed by atoms with Gasteiger partial charge in [-0.15, -0.1) is 0 Å². The van der Waals surface area contributed by atoms with Crippen molar-refractivity contribution in [1.29, 1.82) is 0 Å². The smallest absolute Gasteiger partial charge is 0.252 e. The number of aromatic nitrogens is 1. The monoisotopic (exact) mass is 237 g/mol. The Morgan fingerprint density at radius 1 is 1.29 bits per heavy atom. The van der Waals surface area contributed by atoms with Gasteiger partial charge in [-0.3, -0.25) is 9.36 Å². The molecule has 1 N–H and O–H groups in total. The Hall–Kier alpha value is -1.09. The zero-order valence-electron chi connectivity index (χ0n) is 11.2. The number of aliphatic hydroxyl groups is 1. The van der Waals surface area contributed by atoms with Crippen molar-refractivity contribution in [3.05, 3.63) is 34.7 Å². The quantitative estimate of drug-likeness (QED) is 0.875. The van der Waals surface area contributed by atoms with E-state index in [4.69, 9.17) is 0 Å². The van der Waals surface area contributed by atoms with Crippen LogP contribution in [0.1, 0.15) is 46.8 Å². The van der Waals surface area contributed by atoms with E-state index in [0.29, 0.717) is 12.3 Å². The van der Waals surface area contributed by atoms with Crippen LogP contribution in [0.3, 0.4) is 0 Å². The van der Waals surface area contributed by atoms with Gasteiger partial charge in [0.1, 0.15) is 6.23 Å². The summed E-state index contributed by atoms with van der Waals surface area (Å²) >= 11 is 0. The lowest BCUT2D eigenvalue weighted by atomic mass is 9.79. The molecule has 0 aliphatic rings. The minimum atomic E-state index is -0.714. The molecule has 0 aliphatic carbocycles. The third-order valence-electron chi connectivity index (χ3n) is 3.51. The maximum absolute atomic E-state index is 11.5. The molecule has 0 radical (unpaired) electrons. The Morgan fingerprint density at radius 2 is 1.94 bits per heavy atom. The molecule has 96 valence electrons. The minimum Gasteiger partial charge on any atom is -0.373 e. The largest absolute Gasteiger partial charge is 0.373 e. The molecule has 0 aliphatic heterocycles. The van der Waals surface area contributed by atoms with Crippen LogP contribution in [0.25, 0.3) is 0 Å². The zero-order valence-corrected chi connectivity index (χ0v) is 11.2. The third kappa shape index (κ3) is 4.00. The average molecular weight is 237 g/mol. The third-order valence-corrected chi connectivity index (χ3v) is 3.51. The Balaban J connectivity index is 2.60. The Bertz CT molecular complexity index is 403. The fourth-order valence-corrected chi connectivity index (χ4v) is 1.66. The number of hydrogen-bond acceptors (Lipinski definition) is 2. The first-order chi connectivity index (χ1) is 7.82. The van der Waals surface area contributed by atoms with E-state index < -0.39 is 6.23 Å². The van der Waals surface area contributed by atoms with Crippen molar-refractivity contribution >= 4 is 0 Å². The summed E-state index contributed by atoms with van der Waals surface area (Å²) in [7, 11) is 0. The van der Waals surface area contributed by atoms with Crippen molar-refractivity contribution in [2.45, 2.75) is 46.8 Å². The van der Waals surface area contributed by atoms with E-state index in [2.05, 4.69) is 27.7 Å². The van der Waals surface area contributed by atoms with Crippen molar-refractivity contribution < 1.29 is 5.11 Å². The predicted octanol–water partition coefficient (Wildman–Crippen LogP) is 2.80. The van der Waals surface area contributed by atoms with E-state index in [1.165, 1.54) is 10.6 Å². The van der Waals surface area contributed by atoms with E-state index in [0.717, 1.165) is 6.42 Å². The van der Waals surface area contributed by atoms with Gasteiger partial charge < -0.3 is 5.11 Å². The molecule has 0 aromatic carbocycles. The minimum absolute atomic E-state index is 0.150. The lowest BCUT2D eigenvalue weighted by Gasteiger charge is -2.28. The van der Waals surface area contributed by atoms with E-state index >= 15 is 0 Å². The van der Waals surface area contributed by atoms with Crippen LogP contribution in [0, 0.1) is 11.3 Å². The SMILES string of the molecule is CC(CCC(O)n1ccccc1=O)C(C)(C)C. The molecule has 0 spiro atoms. The highest BCUT2D eigenvalue weighted by Gasteiger charge is 2.21. The average Bonchev–Trinajstić information content (AvgIpc) is 2.24. The van der Waals surface area contributed by atoms with Crippen molar-refractivity contribution in [2.75, 3.05) is 0 Å². The van der Waals surface area contributed by atoms with Gasteiger partial charge in [0.05, 0.1) is 0 Å². The molecule has 1 heterocycles. The number of nitrogens with zero attached hydrogens (tertiary/aromatic N) is 1. The molecule has 1 aromatic rings. The summed E-state index contributed by atoms with van der Waals surface area (Å²) in [6, 6.07) is 4.91. The molecule has 1 rings (SSSR count).